The van der Waals surface area contributed by atoms with E-state index in [-0.39, 0.29) is 54.4 Å². The fourth-order valence-corrected chi connectivity index (χ4v) is 6.65. The van der Waals surface area contributed by atoms with Crippen molar-refractivity contribution in [3.63, 3.8) is 0 Å². The van der Waals surface area contributed by atoms with Crippen LogP contribution in [0.2, 0.25) is 0 Å². The number of piperidine rings is 2. The molecule has 2 atom stereocenters. The Morgan fingerprint density at radius 3 is 2.56 bits per heavy atom. The molecule has 198 valence electrons. The number of nitrogens with zero attached hydrogens (tertiary/aromatic N) is 5. The first kappa shape index (κ1) is 26.3. The average molecular weight is 524 g/mol. The number of fused-ring (bicyclic) bond motifs is 2. The van der Waals surface area contributed by atoms with Gasteiger partial charge in [0.25, 0.3) is 0 Å². The fraction of sp³-hybridized carbons (Fsp3) is 0.652. The summed E-state index contributed by atoms with van der Waals surface area (Å²) in [7, 11) is -1.46. The van der Waals surface area contributed by atoms with Crippen LogP contribution in [-0.4, -0.2) is 69.8 Å². The first-order chi connectivity index (χ1) is 17.1. The molecule has 4 heterocycles. The topological polar surface area (TPSA) is 133 Å². The number of nitrogens with one attached hydrogen (secondary N) is 2. The summed E-state index contributed by atoms with van der Waals surface area (Å²) in [6, 6.07) is 1.53. The summed E-state index contributed by atoms with van der Waals surface area (Å²) in [4.78, 5) is 22.4. The smallest absolute Gasteiger partial charge is 0.305 e. The van der Waals surface area contributed by atoms with E-state index >= 15 is 4.39 Å². The molecule has 0 aromatic carbocycles. The Morgan fingerprint density at radius 2 is 1.97 bits per heavy atom. The van der Waals surface area contributed by atoms with Gasteiger partial charge < -0.3 is 15.0 Å². The Hall–Kier alpha value is -2.80. The molecule has 2 aliphatic rings. The van der Waals surface area contributed by atoms with Crippen LogP contribution in [0, 0.1) is 12.7 Å². The number of carbonyl (C=O) groups is 1. The molecule has 0 aliphatic carbocycles. The van der Waals surface area contributed by atoms with Gasteiger partial charge in [-0.05, 0) is 39.5 Å². The molecule has 0 radical (unpaired) electrons. The van der Waals surface area contributed by atoms with Crippen molar-refractivity contribution in [3.8, 4) is 0 Å². The molecule has 2 fully saturated rings. The third-order valence-corrected chi connectivity index (χ3v) is 8.92. The van der Waals surface area contributed by atoms with E-state index in [1.807, 2.05) is 18.9 Å². The van der Waals surface area contributed by atoms with Crippen LogP contribution >= 0.6 is 0 Å². The van der Waals surface area contributed by atoms with E-state index in [0.717, 1.165) is 25.0 Å². The summed E-state index contributed by atoms with van der Waals surface area (Å²) in [6.45, 7) is 4.84. The third-order valence-electron chi connectivity index (χ3n) is 6.95. The number of carbonyl (C=O) groups excluding carboxylic acids is 1. The highest BCUT2D eigenvalue weighted by molar-refractivity contribution is 7.89. The van der Waals surface area contributed by atoms with E-state index in [9.17, 15) is 13.2 Å². The second kappa shape index (κ2) is 10.7. The van der Waals surface area contributed by atoms with E-state index in [2.05, 4.69) is 25.5 Å². The van der Waals surface area contributed by atoms with Crippen molar-refractivity contribution in [1.82, 2.24) is 24.5 Å². The standard InChI is InChI=1S/C23H34FN7O4S/c1-5-20(32)35-13-18-21(24)22(26-19-10-14(3)28-29-19)27-23(25-18)30(4)17-11-15-8-7-9-16(12-17)31(15)36(33,34)6-2/h10,15-17H,5-9,11-13H2,1-4H3,(H2,25,26,27,28,29)/t15-,16-/m1/s1. The SMILES string of the molecule is CCC(=O)OCc1nc(N(C)C2C[C@H]3CCC[C@H](C2)N3S(=O)(=O)CC)nc(Nc2cc(C)[nH]n2)c1F. The molecule has 13 heteroatoms. The first-order valence-electron chi connectivity index (χ1n) is 12.4. The van der Waals surface area contributed by atoms with Gasteiger partial charge >= 0.3 is 5.97 Å². The summed E-state index contributed by atoms with van der Waals surface area (Å²) >= 11 is 0. The Kier molecular flexibility index (Phi) is 7.79. The zero-order chi connectivity index (χ0) is 26.0. The highest BCUT2D eigenvalue weighted by Crippen LogP contribution is 2.38. The molecule has 2 aromatic rings. The minimum Gasteiger partial charge on any atom is -0.459 e. The fourth-order valence-electron chi connectivity index (χ4n) is 5.06. The van der Waals surface area contributed by atoms with Crippen LogP contribution in [0.15, 0.2) is 6.07 Å². The van der Waals surface area contributed by atoms with Crippen molar-refractivity contribution >= 4 is 33.6 Å². The van der Waals surface area contributed by atoms with Gasteiger partial charge in [-0.2, -0.15) is 14.4 Å². The van der Waals surface area contributed by atoms with Crippen LogP contribution in [0.5, 0.6) is 0 Å². The molecule has 11 nitrogen and oxygen atoms in total. The van der Waals surface area contributed by atoms with Crippen LogP contribution < -0.4 is 10.2 Å². The van der Waals surface area contributed by atoms with E-state index in [4.69, 9.17) is 4.74 Å². The maximum Gasteiger partial charge on any atom is 0.305 e. The Bertz CT molecular complexity index is 1190. The second-order valence-corrected chi connectivity index (χ2v) is 11.6. The number of hydrogen-bond acceptors (Lipinski definition) is 9. The number of hydrogen-bond donors (Lipinski definition) is 2. The number of H-pyrrole nitrogens is 1. The number of aromatic nitrogens is 4. The van der Waals surface area contributed by atoms with E-state index in [1.165, 1.54) is 0 Å². The van der Waals surface area contributed by atoms with Crippen LogP contribution in [0.1, 0.15) is 63.8 Å². The van der Waals surface area contributed by atoms with E-state index in [0.29, 0.717) is 18.7 Å². The van der Waals surface area contributed by atoms with Crippen molar-refractivity contribution < 1.29 is 22.3 Å². The molecule has 2 aliphatic heterocycles. The quantitative estimate of drug-likeness (QED) is 0.476. The highest BCUT2D eigenvalue weighted by Gasteiger charge is 2.45. The Balaban J connectivity index is 1.63. The number of anilines is 3. The van der Waals surface area contributed by atoms with Gasteiger partial charge in [-0.25, -0.2) is 17.8 Å². The summed E-state index contributed by atoms with van der Waals surface area (Å²) < 4.78 is 47.7. The number of esters is 1. The van der Waals surface area contributed by atoms with Gasteiger partial charge in [-0.15, -0.1) is 0 Å². The molecule has 2 N–H and O–H groups in total. The largest absolute Gasteiger partial charge is 0.459 e. The molecular formula is C23H34FN7O4S. The van der Waals surface area contributed by atoms with Gasteiger partial charge in [0.15, 0.2) is 17.5 Å². The number of ether oxygens (including phenoxy) is 1. The Morgan fingerprint density at radius 1 is 1.28 bits per heavy atom. The molecule has 2 saturated heterocycles. The predicted octanol–water partition coefficient (Wildman–Crippen LogP) is 3.02. The normalized spacial score (nSPS) is 22.3. The van der Waals surface area contributed by atoms with Gasteiger partial charge in [0, 0.05) is 43.4 Å². The first-order valence-corrected chi connectivity index (χ1v) is 14.0. The van der Waals surface area contributed by atoms with E-state index < -0.39 is 21.8 Å². The lowest BCUT2D eigenvalue weighted by molar-refractivity contribution is -0.144. The predicted molar refractivity (Wildman–Crippen MR) is 133 cm³/mol. The maximum atomic E-state index is 15.3. The number of aromatic amines is 1. The van der Waals surface area contributed by atoms with Crippen molar-refractivity contribution in [2.45, 2.75) is 84.0 Å². The average Bonchev–Trinajstić information content (AvgIpc) is 3.27. The molecule has 0 saturated carbocycles. The highest BCUT2D eigenvalue weighted by atomic mass is 32.2. The molecular weight excluding hydrogens is 489 g/mol. The molecule has 2 bridgehead atoms. The van der Waals surface area contributed by atoms with Gasteiger partial charge in [-0.1, -0.05) is 13.3 Å². The van der Waals surface area contributed by atoms with Crippen LogP contribution in [0.3, 0.4) is 0 Å². The number of halogens is 1. The lowest BCUT2D eigenvalue weighted by Gasteiger charge is -2.49. The van der Waals surface area contributed by atoms with Gasteiger partial charge in [-0.3, -0.25) is 9.89 Å². The van der Waals surface area contributed by atoms with Crippen LogP contribution in [0.4, 0.5) is 22.0 Å². The van der Waals surface area contributed by atoms with Crippen molar-refractivity contribution in [1.29, 1.82) is 0 Å². The number of sulfonamides is 1. The summed E-state index contributed by atoms with van der Waals surface area (Å²) in [5.74, 6) is -0.517. The van der Waals surface area contributed by atoms with Gasteiger partial charge in [0.1, 0.15) is 12.3 Å². The lowest BCUT2D eigenvalue weighted by Crippen LogP contribution is -2.58. The van der Waals surface area contributed by atoms with Gasteiger partial charge in [0.2, 0.25) is 16.0 Å². The molecule has 0 spiro atoms. The third kappa shape index (κ3) is 5.46. The minimum absolute atomic E-state index is 0.0272. The van der Waals surface area contributed by atoms with Crippen molar-refractivity contribution in [2.24, 2.45) is 0 Å². The Labute approximate surface area is 210 Å². The monoisotopic (exact) mass is 523 g/mol. The summed E-state index contributed by atoms with van der Waals surface area (Å²) in [5.41, 5.74) is 0.747. The van der Waals surface area contributed by atoms with Crippen molar-refractivity contribution in [3.05, 3.63) is 23.3 Å². The zero-order valence-corrected chi connectivity index (χ0v) is 21.9. The second-order valence-electron chi connectivity index (χ2n) is 9.41. The molecule has 2 aromatic heterocycles. The van der Waals surface area contributed by atoms with Crippen molar-refractivity contribution in [2.75, 3.05) is 23.0 Å². The number of aryl methyl sites for hydroxylation is 1. The van der Waals surface area contributed by atoms with E-state index in [1.54, 1.807) is 24.2 Å². The zero-order valence-electron chi connectivity index (χ0n) is 21.1. The lowest BCUT2D eigenvalue weighted by atomic mass is 9.83. The number of rotatable bonds is 9. The van der Waals surface area contributed by atoms with Crippen LogP contribution in [-0.2, 0) is 26.2 Å². The molecule has 4 rings (SSSR count). The summed E-state index contributed by atoms with van der Waals surface area (Å²) in [6.07, 6.45) is 4.06. The molecule has 0 unspecified atom stereocenters. The maximum absolute atomic E-state index is 15.3. The minimum atomic E-state index is -3.30. The molecule has 0 amide bonds. The summed E-state index contributed by atoms with van der Waals surface area (Å²) in [5, 5.41) is 9.76. The van der Waals surface area contributed by atoms with Gasteiger partial charge in [0.05, 0.1) is 5.75 Å². The van der Waals surface area contributed by atoms with Crippen LogP contribution in [0.25, 0.3) is 0 Å². The molecule has 36 heavy (non-hydrogen) atoms.